The minimum absolute atomic E-state index is 0.154. The minimum Gasteiger partial charge on any atom is -0.457 e. The Bertz CT molecular complexity index is 927. The molecule has 0 aromatic heterocycles. The van der Waals surface area contributed by atoms with E-state index in [2.05, 4.69) is 5.32 Å². The lowest BCUT2D eigenvalue weighted by atomic mass is 10.1. The first-order valence-electron chi connectivity index (χ1n) is 8.79. The maximum Gasteiger partial charge on any atom is 0.416 e. The van der Waals surface area contributed by atoms with E-state index in [1.54, 1.807) is 6.07 Å². The molecule has 3 aromatic rings. The maximum absolute atomic E-state index is 12.8. The van der Waals surface area contributed by atoms with Crippen LogP contribution in [0.2, 0.25) is 5.02 Å². The fraction of sp³-hybridized carbons (Fsp3) is 0.182. The van der Waals surface area contributed by atoms with Crippen molar-refractivity contribution in [1.29, 1.82) is 0 Å². The highest BCUT2D eigenvalue weighted by Gasteiger charge is 2.30. The quantitative estimate of drug-likeness (QED) is 0.454. The highest BCUT2D eigenvalue weighted by molar-refractivity contribution is 6.30. The third-order valence-electron chi connectivity index (χ3n) is 4.10. The first-order chi connectivity index (χ1) is 13.4. The molecule has 0 radical (unpaired) electrons. The van der Waals surface area contributed by atoms with Crippen LogP contribution in [0.5, 0.6) is 11.5 Å². The number of rotatable bonds is 7. The molecule has 0 bridgehead atoms. The second kappa shape index (κ2) is 9.13. The van der Waals surface area contributed by atoms with E-state index in [1.165, 1.54) is 12.1 Å². The minimum atomic E-state index is -4.39. The van der Waals surface area contributed by atoms with Crippen molar-refractivity contribution in [3.63, 3.8) is 0 Å². The Hall–Kier alpha value is -2.50. The van der Waals surface area contributed by atoms with Gasteiger partial charge in [0.2, 0.25) is 0 Å². The zero-order chi connectivity index (χ0) is 20.0. The van der Waals surface area contributed by atoms with E-state index in [-0.39, 0.29) is 5.75 Å². The summed E-state index contributed by atoms with van der Waals surface area (Å²) in [7, 11) is 0. The first-order valence-corrected chi connectivity index (χ1v) is 9.17. The van der Waals surface area contributed by atoms with Crippen LogP contribution >= 0.6 is 11.6 Å². The monoisotopic (exact) mass is 405 g/mol. The zero-order valence-corrected chi connectivity index (χ0v) is 15.7. The Kier molecular flexibility index (Phi) is 6.60. The normalized spacial score (nSPS) is 11.4. The number of hydrogen-bond donors (Lipinski definition) is 1. The summed E-state index contributed by atoms with van der Waals surface area (Å²) in [6.45, 7) is 1.40. The van der Waals surface area contributed by atoms with Crippen LogP contribution < -0.4 is 10.1 Å². The molecule has 0 aliphatic rings. The van der Waals surface area contributed by atoms with Gasteiger partial charge in [0.15, 0.2) is 0 Å². The van der Waals surface area contributed by atoms with Gasteiger partial charge in [-0.1, -0.05) is 41.9 Å². The number of benzene rings is 3. The zero-order valence-electron chi connectivity index (χ0n) is 15.0. The third kappa shape index (κ3) is 6.01. The number of ether oxygens (including phenoxy) is 1. The Morgan fingerprint density at radius 1 is 0.821 bits per heavy atom. The number of nitrogens with one attached hydrogen (secondary N) is 1. The highest BCUT2D eigenvalue weighted by Crippen LogP contribution is 2.32. The summed E-state index contributed by atoms with van der Waals surface area (Å²) in [5.74, 6) is 0.648. The van der Waals surface area contributed by atoms with Gasteiger partial charge in [-0.2, -0.15) is 13.2 Å². The average molecular weight is 406 g/mol. The van der Waals surface area contributed by atoms with Crippen LogP contribution in [-0.4, -0.2) is 6.54 Å². The van der Waals surface area contributed by atoms with Crippen molar-refractivity contribution in [2.45, 2.75) is 19.1 Å². The molecule has 2 nitrogen and oxygen atoms in total. The molecule has 0 fully saturated rings. The standard InChI is InChI=1S/C22H19ClF3NO/c23-19-7-1-4-16(12-19)10-11-27-15-17-5-2-8-20(13-17)28-21-9-3-6-18(14-21)22(24,25)26/h1-9,12-14,27H,10-11,15H2. The Labute approximate surface area is 166 Å². The molecule has 0 atom stereocenters. The molecular weight excluding hydrogens is 387 g/mol. The molecule has 3 aromatic carbocycles. The molecule has 0 aliphatic heterocycles. The van der Waals surface area contributed by atoms with Crippen molar-refractivity contribution >= 4 is 11.6 Å². The van der Waals surface area contributed by atoms with Crippen molar-refractivity contribution in [2.75, 3.05) is 6.54 Å². The topological polar surface area (TPSA) is 21.3 Å². The molecule has 0 unspecified atom stereocenters. The van der Waals surface area contributed by atoms with E-state index in [0.717, 1.165) is 41.2 Å². The summed E-state index contributed by atoms with van der Waals surface area (Å²) < 4.78 is 44.1. The van der Waals surface area contributed by atoms with E-state index in [0.29, 0.717) is 12.3 Å². The van der Waals surface area contributed by atoms with Gasteiger partial charge in [0.25, 0.3) is 0 Å². The number of alkyl halides is 3. The fourth-order valence-electron chi connectivity index (χ4n) is 2.75. The summed E-state index contributed by atoms with van der Waals surface area (Å²) in [4.78, 5) is 0. The van der Waals surface area contributed by atoms with Crippen LogP contribution in [0.25, 0.3) is 0 Å². The second-order valence-electron chi connectivity index (χ2n) is 6.33. The molecule has 0 spiro atoms. The number of halogens is 4. The van der Waals surface area contributed by atoms with Gasteiger partial charge < -0.3 is 10.1 Å². The van der Waals surface area contributed by atoms with Crippen LogP contribution in [0.4, 0.5) is 13.2 Å². The van der Waals surface area contributed by atoms with Crippen LogP contribution in [0.3, 0.4) is 0 Å². The maximum atomic E-state index is 12.8. The van der Waals surface area contributed by atoms with Gasteiger partial charge in [-0.25, -0.2) is 0 Å². The van der Waals surface area contributed by atoms with Crippen molar-refractivity contribution in [3.05, 3.63) is 94.5 Å². The molecule has 1 N–H and O–H groups in total. The Balaban J connectivity index is 1.55. The lowest BCUT2D eigenvalue weighted by Gasteiger charge is -2.11. The molecular formula is C22H19ClF3NO. The van der Waals surface area contributed by atoms with E-state index in [9.17, 15) is 13.2 Å². The van der Waals surface area contributed by atoms with Crippen LogP contribution in [-0.2, 0) is 19.1 Å². The summed E-state index contributed by atoms with van der Waals surface area (Å²) in [5.41, 5.74) is 1.40. The Morgan fingerprint density at radius 2 is 1.50 bits per heavy atom. The summed E-state index contributed by atoms with van der Waals surface area (Å²) in [6.07, 6.45) is -3.55. The van der Waals surface area contributed by atoms with Gasteiger partial charge in [0, 0.05) is 11.6 Å². The van der Waals surface area contributed by atoms with E-state index in [1.807, 2.05) is 42.5 Å². The number of hydrogen-bond acceptors (Lipinski definition) is 2. The lowest BCUT2D eigenvalue weighted by molar-refractivity contribution is -0.137. The van der Waals surface area contributed by atoms with Crippen LogP contribution in [0.1, 0.15) is 16.7 Å². The molecule has 0 aliphatic carbocycles. The first kappa shape index (κ1) is 20.2. The predicted molar refractivity (Wildman–Crippen MR) is 105 cm³/mol. The van der Waals surface area contributed by atoms with Crippen molar-refractivity contribution in [2.24, 2.45) is 0 Å². The summed E-state index contributed by atoms with van der Waals surface area (Å²) >= 11 is 5.98. The average Bonchev–Trinajstić information content (AvgIpc) is 2.65. The Morgan fingerprint density at radius 3 is 2.25 bits per heavy atom. The van der Waals surface area contributed by atoms with Gasteiger partial charge in [-0.3, -0.25) is 0 Å². The van der Waals surface area contributed by atoms with E-state index in [4.69, 9.17) is 16.3 Å². The molecule has 146 valence electrons. The summed E-state index contributed by atoms with van der Waals surface area (Å²) in [6, 6.07) is 19.9. The molecule has 0 saturated carbocycles. The molecule has 0 saturated heterocycles. The highest BCUT2D eigenvalue weighted by atomic mass is 35.5. The molecule has 0 amide bonds. The van der Waals surface area contributed by atoms with Gasteiger partial charge >= 0.3 is 6.18 Å². The van der Waals surface area contributed by atoms with E-state index >= 15 is 0 Å². The van der Waals surface area contributed by atoms with Crippen molar-refractivity contribution < 1.29 is 17.9 Å². The lowest BCUT2D eigenvalue weighted by Crippen LogP contribution is -2.16. The van der Waals surface area contributed by atoms with Gasteiger partial charge in [0.05, 0.1) is 5.56 Å². The van der Waals surface area contributed by atoms with Gasteiger partial charge in [0.1, 0.15) is 11.5 Å². The fourth-order valence-corrected chi connectivity index (χ4v) is 2.96. The van der Waals surface area contributed by atoms with Crippen molar-refractivity contribution in [3.8, 4) is 11.5 Å². The smallest absolute Gasteiger partial charge is 0.416 e. The van der Waals surface area contributed by atoms with Gasteiger partial charge in [-0.15, -0.1) is 0 Å². The largest absolute Gasteiger partial charge is 0.457 e. The van der Waals surface area contributed by atoms with Crippen LogP contribution in [0, 0.1) is 0 Å². The molecule has 6 heteroatoms. The van der Waals surface area contributed by atoms with E-state index < -0.39 is 11.7 Å². The van der Waals surface area contributed by atoms with Crippen molar-refractivity contribution in [1.82, 2.24) is 5.32 Å². The molecule has 3 rings (SSSR count). The van der Waals surface area contributed by atoms with Gasteiger partial charge in [-0.05, 0) is 66.6 Å². The predicted octanol–water partition coefficient (Wildman–Crippen LogP) is 6.48. The summed E-state index contributed by atoms with van der Waals surface area (Å²) in [5, 5.41) is 4.06. The molecule has 28 heavy (non-hydrogen) atoms. The second-order valence-corrected chi connectivity index (χ2v) is 6.77. The van der Waals surface area contributed by atoms with Crippen LogP contribution in [0.15, 0.2) is 72.8 Å². The third-order valence-corrected chi connectivity index (χ3v) is 4.34. The molecule has 0 heterocycles. The SMILES string of the molecule is FC(F)(F)c1cccc(Oc2cccc(CNCCc3cccc(Cl)c3)c2)c1.